The topological polar surface area (TPSA) is 29.5 Å². The van der Waals surface area contributed by atoms with E-state index in [4.69, 9.17) is 16.3 Å². The van der Waals surface area contributed by atoms with E-state index < -0.39 is 18.9 Å². The summed E-state index contributed by atoms with van der Waals surface area (Å²) in [7, 11) is 1.47. The molecule has 0 aromatic heterocycles. The predicted molar refractivity (Wildman–Crippen MR) is 73.3 cm³/mol. The number of methoxy groups -OCH3 is 1. The van der Waals surface area contributed by atoms with Crippen LogP contribution in [-0.2, 0) is 0 Å². The Hall–Kier alpha value is -0.880. The standard InChI is InChI=1S/C12H13BrClF2NO2/c1-19-8-2-3-10(13)9(6-8)12(18)17(5-4-14)7-11(15)16/h2-3,6,11H,4-5,7H2,1H3. The van der Waals surface area contributed by atoms with Gasteiger partial charge in [-0.05, 0) is 34.1 Å². The van der Waals surface area contributed by atoms with E-state index >= 15 is 0 Å². The van der Waals surface area contributed by atoms with Crippen molar-refractivity contribution in [3.05, 3.63) is 28.2 Å². The first-order valence-electron chi connectivity index (χ1n) is 5.46. The van der Waals surface area contributed by atoms with Crippen molar-refractivity contribution in [3.8, 4) is 5.75 Å². The molecule has 0 atom stereocenters. The van der Waals surface area contributed by atoms with Gasteiger partial charge in [0.1, 0.15) is 5.75 Å². The molecule has 0 aliphatic rings. The normalized spacial score (nSPS) is 10.6. The molecule has 0 N–H and O–H groups in total. The fourth-order valence-electron chi connectivity index (χ4n) is 1.51. The second kappa shape index (κ2) is 7.65. The maximum Gasteiger partial charge on any atom is 0.255 e. The van der Waals surface area contributed by atoms with E-state index in [-0.39, 0.29) is 18.0 Å². The SMILES string of the molecule is COc1ccc(Br)c(C(=O)N(CCCl)CC(F)F)c1. The van der Waals surface area contributed by atoms with Gasteiger partial charge in [-0.25, -0.2) is 8.78 Å². The minimum atomic E-state index is -2.60. The highest BCUT2D eigenvalue weighted by atomic mass is 79.9. The molecule has 0 saturated carbocycles. The molecule has 1 rings (SSSR count). The quantitative estimate of drug-likeness (QED) is 0.731. The van der Waals surface area contributed by atoms with E-state index in [1.165, 1.54) is 13.2 Å². The van der Waals surface area contributed by atoms with Crippen molar-refractivity contribution in [1.29, 1.82) is 0 Å². The van der Waals surface area contributed by atoms with Crippen LogP contribution in [0.4, 0.5) is 8.78 Å². The lowest BCUT2D eigenvalue weighted by molar-refractivity contribution is 0.0570. The van der Waals surface area contributed by atoms with E-state index in [0.717, 1.165) is 4.90 Å². The summed E-state index contributed by atoms with van der Waals surface area (Å²) < 4.78 is 30.4. The van der Waals surface area contributed by atoms with E-state index in [1.807, 2.05) is 0 Å². The third kappa shape index (κ3) is 4.62. The van der Waals surface area contributed by atoms with Gasteiger partial charge in [0.05, 0.1) is 19.2 Å². The maximum atomic E-state index is 12.5. The van der Waals surface area contributed by atoms with Crippen LogP contribution in [0.25, 0.3) is 0 Å². The summed E-state index contributed by atoms with van der Waals surface area (Å²) in [5.41, 5.74) is 0.269. The molecule has 0 fully saturated rings. The van der Waals surface area contributed by atoms with E-state index in [9.17, 15) is 13.6 Å². The molecule has 0 spiro atoms. The van der Waals surface area contributed by atoms with Gasteiger partial charge < -0.3 is 9.64 Å². The molecule has 0 aliphatic heterocycles. The highest BCUT2D eigenvalue weighted by Gasteiger charge is 2.21. The fraction of sp³-hybridized carbons (Fsp3) is 0.417. The number of hydrogen-bond acceptors (Lipinski definition) is 2. The third-order valence-electron chi connectivity index (χ3n) is 2.40. The van der Waals surface area contributed by atoms with Gasteiger partial charge >= 0.3 is 0 Å². The molecule has 1 aromatic carbocycles. The number of nitrogens with zero attached hydrogens (tertiary/aromatic N) is 1. The largest absolute Gasteiger partial charge is 0.497 e. The van der Waals surface area contributed by atoms with Crippen LogP contribution in [0, 0.1) is 0 Å². The lowest BCUT2D eigenvalue weighted by atomic mass is 10.2. The van der Waals surface area contributed by atoms with Crippen LogP contribution < -0.4 is 4.74 Å². The van der Waals surface area contributed by atoms with Gasteiger partial charge in [0, 0.05) is 16.9 Å². The smallest absolute Gasteiger partial charge is 0.255 e. The highest BCUT2D eigenvalue weighted by Crippen LogP contribution is 2.24. The van der Waals surface area contributed by atoms with E-state index in [0.29, 0.717) is 10.2 Å². The van der Waals surface area contributed by atoms with Crippen molar-refractivity contribution in [2.45, 2.75) is 6.43 Å². The Morgan fingerprint density at radius 3 is 2.74 bits per heavy atom. The molecule has 7 heteroatoms. The Kier molecular flexibility index (Phi) is 6.51. The molecule has 1 amide bonds. The third-order valence-corrected chi connectivity index (χ3v) is 3.26. The number of rotatable bonds is 6. The molecule has 0 radical (unpaired) electrons. The Labute approximate surface area is 123 Å². The first-order chi connectivity index (χ1) is 8.99. The summed E-state index contributed by atoms with van der Waals surface area (Å²) >= 11 is 8.76. The van der Waals surface area contributed by atoms with Crippen LogP contribution in [0.1, 0.15) is 10.4 Å². The van der Waals surface area contributed by atoms with Crippen molar-refractivity contribution in [2.75, 3.05) is 26.1 Å². The van der Waals surface area contributed by atoms with Crippen molar-refractivity contribution in [2.24, 2.45) is 0 Å². The highest BCUT2D eigenvalue weighted by molar-refractivity contribution is 9.10. The number of amides is 1. The summed E-state index contributed by atoms with van der Waals surface area (Å²) in [6, 6.07) is 4.80. The lowest BCUT2D eigenvalue weighted by Crippen LogP contribution is -2.36. The number of carbonyl (C=O) groups is 1. The number of halogens is 4. The molecule has 0 bridgehead atoms. The molecule has 3 nitrogen and oxygen atoms in total. The van der Waals surface area contributed by atoms with Crippen LogP contribution in [0.5, 0.6) is 5.75 Å². The van der Waals surface area contributed by atoms with Gasteiger partial charge in [-0.15, -0.1) is 11.6 Å². The van der Waals surface area contributed by atoms with Crippen LogP contribution in [0.15, 0.2) is 22.7 Å². The minimum absolute atomic E-state index is 0.0639. The van der Waals surface area contributed by atoms with E-state index in [1.54, 1.807) is 12.1 Å². The van der Waals surface area contributed by atoms with Crippen molar-refractivity contribution in [1.82, 2.24) is 4.90 Å². The second-order valence-corrected chi connectivity index (χ2v) is 4.91. The Bertz CT molecular complexity index is 446. The van der Waals surface area contributed by atoms with E-state index in [2.05, 4.69) is 15.9 Å². The zero-order valence-corrected chi connectivity index (χ0v) is 12.5. The summed E-state index contributed by atoms with van der Waals surface area (Å²) in [5.74, 6) is 0.0706. The van der Waals surface area contributed by atoms with Gasteiger partial charge in [-0.2, -0.15) is 0 Å². The fourth-order valence-corrected chi connectivity index (χ4v) is 2.13. The molecular formula is C12H13BrClF2NO2. The molecule has 0 saturated heterocycles. The average molecular weight is 357 g/mol. The average Bonchev–Trinajstić information content (AvgIpc) is 2.37. The molecule has 106 valence electrons. The molecule has 0 heterocycles. The van der Waals surface area contributed by atoms with Gasteiger partial charge in [0.25, 0.3) is 12.3 Å². The van der Waals surface area contributed by atoms with Crippen molar-refractivity contribution < 1.29 is 18.3 Å². The summed E-state index contributed by atoms with van der Waals surface area (Å²) in [4.78, 5) is 13.2. The summed E-state index contributed by atoms with van der Waals surface area (Å²) in [6.07, 6.45) is -2.60. The van der Waals surface area contributed by atoms with Gasteiger partial charge in [-0.3, -0.25) is 4.79 Å². The zero-order valence-electron chi connectivity index (χ0n) is 10.2. The molecule has 0 unspecified atom stereocenters. The monoisotopic (exact) mass is 355 g/mol. The predicted octanol–water partition coefficient (Wildman–Crippen LogP) is 3.40. The number of ether oxygens (including phenoxy) is 1. The van der Waals surface area contributed by atoms with Gasteiger partial charge in [0.15, 0.2) is 0 Å². The first-order valence-corrected chi connectivity index (χ1v) is 6.79. The lowest BCUT2D eigenvalue weighted by Gasteiger charge is -2.22. The molecular weight excluding hydrogens is 343 g/mol. The van der Waals surface area contributed by atoms with Crippen molar-refractivity contribution >= 4 is 33.4 Å². The van der Waals surface area contributed by atoms with Gasteiger partial charge in [-0.1, -0.05) is 0 Å². The van der Waals surface area contributed by atoms with Crippen LogP contribution in [0.2, 0.25) is 0 Å². The Morgan fingerprint density at radius 2 is 2.21 bits per heavy atom. The minimum Gasteiger partial charge on any atom is -0.497 e. The Balaban J connectivity index is 3.01. The van der Waals surface area contributed by atoms with Crippen LogP contribution in [-0.4, -0.2) is 43.3 Å². The van der Waals surface area contributed by atoms with Crippen LogP contribution >= 0.6 is 27.5 Å². The number of benzene rings is 1. The number of alkyl halides is 3. The first kappa shape index (κ1) is 16.2. The summed E-state index contributed by atoms with van der Waals surface area (Å²) in [6.45, 7) is -0.580. The van der Waals surface area contributed by atoms with Crippen LogP contribution in [0.3, 0.4) is 0 Å². The maximum absolute atomic E-state index is 12.5. The Morgan fingerprint density at radius 1 is 1.53 bits per heavy atom. The number of carbonyl (C=O) groups excluding carboxylic acids is 1. The number of hydrogen-bond donors (Lipinski definition) is 0. The molecule has 1 aromatic rings. The molecule has 0 aliphatic carbocycles. The zero-order chi connectivity index (χ0) is 14.4. The van der Waals surface area contributed by atoms with Gasteiger partial charge in [0.2, 0.25) is 0 Å². The summed E-state index contributed by atoms with van der Waals surface area (Å²) in [5, 5.41) is 0. The van der Waals surface area contributed by atoms with Crippen molar-refractivity contribution in [3.63, 3.8) is 0 Å². The molecule has 19 heavy (non-hydrogen) atoms. The second-order valence-electron chi connectivity index (χ2n) is 3.68.